The van der Waals surface area contributed by atoms with E-state index in [4.69, 9.17) is 7.85 Å². The summed E-state index contributed by atoms with van der Waals surface area (Å²) in [7, 11) is 6.44. The Balaban J connectivity index is 2.26. The third-order valence-corrected chi connectivity index (χ3v) is 3.82. The average molecular weight is 212 g/mol. The zero-order valence-corrected chi connectivity index (χ0v) is 10.7. The van der Waals surface area contributed by atoms with E-state index in [2.05, 4.69) is 45.0 Å². The van der Waals surface area contributed by atoms with Gasteiger partial charge < -0.3 is 0 Å². The molecule has 0 aliphatic heterocycles. The van der Waals surface area contributed by atoms with Gasteiger partial charge in [0.1, 0.15) is 0 Å². The van der Waals surface area contributed by atoms with Gasteiger partial charge in [-0.15, -0.1) is 0 Å². The van der Waals surface area contributed by atoms with Gasteiger partial charge >= 0.3 is 0 Å². The Morgan fingerprint density at radius 2 is 1.50 bits per heavy atom. The van der Waals surface area contributed by atoms with Crippen molar-refractivity contribution in [2.75, 3.05) is 0 Å². The van der Waals surface area contributed by atoms with E-state index in [1.165, 1.54) is 24.0 Å². The largest absolute Gasteiger partial charge is 0.0810 e. The third kappa shape index (κ3) is 2.19. The molecule has 0 amide bonds. The predicted molar refractivity (Wildman–Crippen MR) is 71.0 cm³/mol. The first-order chi connectivity index (χ1) is 7.42. The van der Waals surface area contributed by atoms with E-state index in [1.54, 1.807) is 0 Å². The zero-order chi connectivity index (χ0) is 11.8. The lowest BCUT2D eigenvalue weighted by Crippen LogP contribution is -2.22. The molecule has 0 saturated heterocycles. The van der Waals surface area contributed by atoms with Gasteiger partial charge in [0.05, 0.1) is 7.85 Å². The van der Waals surface area contributed by atoms with E-state index in [-0.39, 0.29) is 10.7 Å². The highest BCUT2D eigenvalue weighted by Gasteiger charge is 2.29. The monoisotopic (exact) mass is 212 g/mol. The highest BCUT2D eigenvalue weighted by atomic mass is 14.3. The van der Waals surface area contributed by atoms with Crippen LogP contribution in [-0.2, 0) is 10.7 Å². The summed E-state index contributed by atoms with van der Waals surface area (Å²) in [5.74, 6) is 0. The Bertz CT molecular complexity index is 350. The zero-order valence-electron chi connectivity index (χ0n) is 10.7. The molecule has 0 aromatic heterocycles. The van der Waals surface area contributed by atoms with Crippen molar-refractivity contribution in [2.24, 2.45) is 0 Å². The van der Waals surface area contributed by atoms with E-state index >= 15 is 0 Å². The first-order valence-electron chi connectivity index (χ1n) is 6.32. The van der Waals surface area contributed by atoms with Crippen molar-refractivity contribution in [3.63, 3.8) is 0 Å². The highest BCUT2D eigenvalue weighted by Crippen LogP contribution is 2.38. The Labute approximate surface area is 101 Å². The summed E-state index contributed by atoms with van der Waals surface area (Å²) < 4.78 is 0. The molecule has 84 valence electrons. The maximum atomic E-state index is 6.44. The molecule has 1 aromatic carbocycles. The van der Waals surface area contributed by atoms with Crippen molar-refractivity contribution in [1.82, 2.24) is 0 Å². The van der Waals surface area contributed by atoms with Crippen molar-refractivity contribution in [1.29, 1.82) is 0 Å². The van der Waals surface area contributed by atoms with Crippen LogP contribution < -0.4 is 0 Å². The van der Waals surface area contributed by atoms with E-state index in [1.807, 2.05) is 0 Å². The summed E-state index contributed by atoms with van der Waals surface area (Å²) in [6, 6.07) is 8.93. The van der Waals surface area contributed by atoms with Crippen molar-refractivity contribution < 1.29 is 0 Å². The lowest BCUT2D eigenvalue weighted by molar-refractivity contribution is 0.587. The average Bonchev–Trinajstić information content (AvgIpc) is 2.66. The molecule has 1 aliphatic rings. The third-order valence-electron chi connectivity index (χ3n) is 3.82. The number of hydrogen-bond acceptors (Lipinski definition) is 0. The van der Waals surface area contributed by atoms with Gasteiger partial charge in [0.15, 0.2) is 0 Å². The summed E-state index contributed by atoms with van der Waals surface area (Å²) in [6.45, 7) is 6.74. The molecular weight excluding hydrogens is 191 g/mol. The van der Waals surface area contributed by atoms with Crippen molar-refractivity contribution in [2.45, 2.75) is 57.2 Å². The van der Waals surface area contributed by atoms with E-state index in [9.17, 15) is 0 Å². The Morgan fingerprint density at radius 3 is 1.94 bits per heavy atom. The number of rotatable bonds is 1. The Hall–Kier alpha value is -0.715. The lowest BCUT2D eigenvalue weighted by atomic mass is 9.63. The van der Waals surface area contributed by atoms with E-state index in [0.717, 1.165) is 12.8 Å². The van der Waals surface area contributed by atoms with Crippen LogP contribution in [0.3, 0.4) is 0 Å². The van der Waals surface area contributed by atoms with Gasteiger partial charge in [-0.3, -0.25) is 0 Å². The molecule has 1 aromatic rings. The fraction of sp³-hybridized carbons (Fsp3) is 0.600. The van der Waals surface area contributed by atoms with Gasteiger partial charge in [-0.2, -0.15) is 0 Å². The van der Waals surface area contributed by atoms with E-state index in [0.29, 0.717) is 0 Å². The minimum Gasteiger partial charge on any atom is -0.0590 e. The van der Waals surface area contributed by atoms with Gasteiger partial charge in [-0.1, -0.05) is 76.3 Å². The van der Waals surface area contributed by atoms with Gasteiger partial charge in [-0.05, 0) is 16.3 Å². The number of benzene rings is 1. The summed E-state index contributed by atoms with van der Waals surface area (Å²) in [5.41, 5.74) is 2.94. The molecule has 0 N–H and O–H groups in total. The summed E-state index contributed by atoms with van der Waals surface area (Å²) in [4.78, 5) is 0. The summed E-state index contributed by atoms with van der Waals surface area (Å²) in [5, 5.41) is -0.0452. The molecule has 2 rings (SSSR count). The normalized spacial score (nSPS) is 19.9. The Morgan fingerprint density at radius 1 is 1.00 bits per heavy atom. The van der Waals surface area contributed by atoms with Crippen LogP contribution in [-0.4, -0.2) is 7.85 Å². The molecule has 1 heteroatoms. The van der Waals surface area contributed by atoms with Crippen LogP contribution in [0, 0.1) is 0 Å². The topological polar surface area (TPSA) is 0 Å². The van der Waals surface area contributed by atoms with Crippen LogP contribution in [0.25, 0.3) is 0 Å². The second kappa shape index (κ2) is 3.94. The van der Waals surface area contributed by atoms with Crippen molar-refractivity contribution >= 4 is 7.85 Å². The SMILES string of the molecule is [B]C1(c2ccc(C(C)(C)C)cc2)CCCC1. The maximum Gasteiger partial charge on any atom is 0.0810 e. The molecule has 0 atom stereocenters. The summed E-state index contributed by atoms with van der Waals surface area (Å²) in [6.07, 6.45) is 4.83. The maximum absolute atomic E-state index is 6.44. The van der Waals surface area contributed by atoms with Crippen LogP contribution >= 0.6 is 0 Å². The standard InChI is InChI=1S/C15H21B/c1-14(2,3)12-6-8-13(9-7-12)15(16)10-4-5-11-15/h6-9H,4-5,10-11H2,1-3H3. The molecule has 1 saturated carbocycles. The molecule has 16 heavy (non-hydrogen) atoms. The fourth-order valence-corrected chi connectivity index (χ4v) is 2.60. The highest BCUT2D eigenvalue weighted by molar-refractivity contribution is 6.16. The molecule has 0 bridgehead atoms. The van der Waals surface area contributed by atoms with Gasteiger partial charge in [0.25, 0.3) is 0 Å². The minimum absolute atomic E-state index is 0.0452. The van der Waals surface area contributed by atoms with Gasteiger partial charge in [-0.25, -0.2) is 0 Å². The first-order valence-corrected chi connectivity index (χ1v) is 6.32. The molecule has 0 nitrogen and oxygen atoms in total. The first kappa shape index (κ1) is 11.8. The molecular formula is C15H21B. The molecule has 0 heterocycles. The van der Waals surface area contributed by atoms with Gasteiger partial charge in [0.2, 0.25) is 0 Å². The molecule has 2 radical (unpaired) electrons. The fourth-order valence-electron chi connectivity index (χ4n) is 2.60. The second-order valence-electron chi connectivity index (χ2n) is 6.19. The van der Waals surface area contributed by atoms with Crippen molar-refractivity contribution in [3.8, 4) is 0 Å². The van der Waals surface area contributed by atoms with Gasteiger partial charge in [0, 0.05) is 0 Å². The lowest BCUT2D eigenvalue weighted by Gasteiger charge is -2.26. The van der Waals surface area contributed by atoms with Crippen LogP contribution in [0.15, 0.2) is 24.3 Å². The molecule has 0 spiro atoms. The predicted octanol–water partition coefficient (Wildman–Crippen LogP) is 3.92. The quantitative estimate of drug-likeness (QED) is 0.619. The van der Waals surface area contributed by atoms with Crippen molar-refractivity contribution in [3.05, 3.63) is 35.4 Å². The molecule has 1 fully saturated rings. The van der Waals surface area contributed by atoms with Crippen LogP contribution in [0.5, 0.6) is 0 Å². The second-order valence-corrected chi connectivity index (χ2v) is 6.19. The van der Waals surface area contributed by atoms with Crippen LogP contribution in [0.1, 0.15) is 57.6 Å². The smallest absolute Gasteiger partial charge is 0.0590 e. The van der Waals surface area contributed by atoms with Crippen LogP contribution in [0.2, 0.25) is 0 Å². The Kier molecular flexibility index (Phi) is 2.90. The van der Waals surface area contributed by atoms with Crippen LogP contribution in [0.4, 0.5) is 0 Å². The number of hydrogen-bond donors (Lipinski definition) is 0. The molecule has 1 aliphatic carbocycles. The molecule has 0 unspecified atom stereocenters. The summed E-state index contributed by atoms with van der Waals surface area (Å²) >= 11 is 0. The minimum atomic E-state index is -0.0452. The van der Waals surface area contributed by atoms with E-state index < -0.39 is 0 Å².